The molecule has 7 heteroatoms. The number of halogens is 1. The van der Waals surface area contributed by atoms with E-state index in [0.29, 0.717) is 28.6 Å². The van der Waals surface area contributed by atoms with Crippen molar-refractivity contribution in [2.24, 2.45) is 0 Å². The molecule has 0 aliphatic carbocycles. The third-order valence-electron chi connectivity index (χ3n) is 3.79. The lowest BCUT2D eigenvalue weighted by Gasteiger charge is -2.09. The van der Waals surface area contributed by atoms with Gasteiger partial charge in [-0.15, -0.1) is 0 Å². The number of anilines is 1. The minimum Gasteiger partial charge on any atom is -0.493 e. The van der Waals surface area contributed by atoms with Gasteiger partial charge in [0, 0.05) is 11.6 Å². The van der Waals surface area contributed by atoms with Gasteiger partial charge in [-0.3, -0.25) is 9.89 Å². The molecule has 26 heavy (non-hydrogen) atoms. The fourth-order valence-corrected chi connectivity index (χ4v) is 2.55. The molecular formula is C19H18FN3O3. The topological polar surface area (TPSA) is 76.2 Å². The Balaban J connectivity index is 1.67. The van der Waals surface area contributed by atoms with Crippen LogP contribution in [0.1, 0.15) is 5.56 Å². The molecule has 0 aliphatic heterocycles. The Hall–Kier alpha value is -3.35. The van der Waals surface area contributed by atoms with Crippen LogP contribution in [0.5, 0.6) is 11.5 Å². The molecule has 2 N–H and O–H groups in total. The predicted octanol–water partition coefficient (Wildman–Crippen LogP) is 3.41. The number of ether oxygens (including phenoxy) is 2. The van der Waals surface area contributed by atoms with Gasteiger partial charge in [0.05, 0.1) is 26.3 Å². The maximum atomic E-state index is 13.3. The molecule has 0 aliphatic rings. The Labute approximate surface area is 150 Å². The van der Waals surface area contributed by atoms with Crippen LogP contribution in [0.4, 0.5) is 10.2 Å². The number of methoxy groups -OCH3 is 2. The number of hydrogen-bond acceptors (Lipinski definition) is 4. The quantitative estimate of drug-likeness (QED) is 0.710. The van der Waals surface area contributed by atoms with Gasteiger partial charge in [0.15, 0.2) is 17.3 Å². The zero-order chi connectivity index (χ0) is 18.5. The molecule has 1 amide bonds. The van der Waals surface area contributed by atoms with Gasteiger partial charge < -0.3 is 14.8 Å². The lowest BCUT2D eigenvalue weighted by Crippen LogP contribution is -2.14. The largest absolute Gasteiger partial charge is 0.493 e. The van der Waals surface area contributed by atoms with E-state index in [1.54, 1.807) is 50.6 Å². The highest BCUT2D eigenvalue weighted by Gasteiger charge is 2.11. The number of rotatable bonds is 6. The maximum absolute atomic E-state index is 13.3. The Morgan fingerprint density at radius 2 is 1.92 bits per heavy atom. The lowest BCUT2D eigenvalue weighted by molar-refractivity contribution is -0.115. The first-order chi connectivity index (χ1) is 12.6. The van der Waals surface area contributed by atoms with Crippen molar-refractivity contribution in [3.63, 3.8) is 0 Å². The monoisotopic (exact) mass is 355 g/mol. The molecule has 0 fully saturated rings. The summed E-state index contributed by atoms with van der Waals surface area (Å²) < 4.78 is 23.7. The maximum Gasteiger partial charge on any atom is 0.229 e. The second-order valence-corrected chi connectivity index (χ2v) is 5.59. The molecular weight excluding hydrogens is 337 g/mol. The number of benzene rings is 2. The summed E-state index contributed by atoms with van der Waals surface area (Å²) in [5.74, 6) is 0.968. The van der Waals surface area contributed by atoms with Gasteiger partial charge in [-0.05, 0) is 29.8 Å². The first-order valence-electron chi connectivity index (χ1n) is 7.91. The molecule has 0 radical (unpaired) electrons. The van der Waals surface area contributed by atoms with Crippen molar-refractivity contribution in [2.45, 2.75) is 6.42 Å². The molecule has 3 rings (SSSR count). The van der Waals surface area contributed by atoms with Crippen LogP contribution in [-0.4, -0.2) is 30.3 Å². The Morgan fingerprint density at radius 1 is 1.12 bits per heavy atom. The Kier molecular flexibility index (Phi) is 5.17. The highest BCUT2D eigenvalue weighted by atomic mass is 19.1. The van der Waals surface area contributed by atoms with E-state index in [1.165, 1.54) is 12.1 Å². The van der Waals surface area contributed by atoms with Gasteiger partial charge in [-0.1, -0.05) is 18.2 Å². The van der Waals surface area contributed by atoms with E-state index in [4.69, 9.17) is 9.47 Å². The summed E-state index contributed by atoms with van der Waals surface area (Å²) in [5.41, 5.74) is 2.05. The molecule has 1 aromatic heterocycles. The minimum atomic E-state index is -0.337. The number of carbonyl (C=O) groups excluding carboxylic acids is 1. The number of nitrogens with zero attached hydrogens (tertiary/aromatic N) is 1. The van der Waals surface area contributed by atoms with E-state index >= 15 is 0 Å². The second-order valence-electron chi connectivity index (χ2n) is 5.59. The Bertz CT molecular complexity index is 924. The molecule has 0 atom stereocenters. The van der Waals surface area contributed by atoms with Gasteiger partial charge in [0.25, 0.3) is 0 Å². The van der Waals surface area contributed by atoms with Crippen molar-refractivity contribution in [3.8, 4) is 22.8 Å². The van der Waals surface area contributed by atoms with Crippen LogP contribution < -0.4 is 14.8 Å². The van der Waals surface area contributed by atoms with Crippen LogP contribution in [-0.2, 0) is 11.2 Å². The number of carbonyl (C=O) groups is 1. The van der Waals surface area contributed by atoms with Crippen molar-refractivity contribution in [3.05, 3.63) is 59.9 Å². The number of aromatic nitrogens is 2. The smallest absolute Gasteiger partial charge is 0.229 e. The normalized spacial score (nSPS) is 10.4. The van der Waals surface area contributed by atoms with Crippen molar-refractivity contribution >= 4 is 11.7 Å². The molecule has 0 unspecified atom stereocenters. The first kappa shape index (κ1) is 17.5. The zero-order valence-corrected chi connectivity index (χ0v) is 14.4. The van der Waals surface area contributed by atoms with Crippen LogP contribution in [0.25, 0.3) is 11.3 Å². The molecule has 2 aromatic carbocycles. The molecule has 1 heterocycles. The number of amides is 1. The minimum absolute atomic E-state index is 0.155. The highest BCUT2D eigenvalue weighted by Crippen LogP contribution is 2.28. The zero-order valence-electron chi connectivity index (χ0n) is 14.4. The summed E-state index contributed by atoms with van der Waals surface area (Å²) in [4.78, 5) is 12.2. The van der Waals surface area contributed by atoms with E-state index < -0.39 is 0 Å². The average Bonchev–Trinajstić information content (AvgIpc) is 3.10. The average molecular weight is 355 g/mol. The van der Waals surface area contributed by atoms with Crippen molar-refractivity contribution in [1.29, 1.82) is 0 Å². The summed E-state index contributed by atoms with van der Waals surface area (Å²) in [6.07, 6.45) is 0.155. The summed E-state index contributed by atoms with van der Waals surface area (Å²) in [7, 11) is 3.09. The van der Waals surface area contributed by atoms with E-state index in [-0.39, 0.29) is 18.1 Å². The third kappa shape index (κ3) is 4.00. The standard InChI is InChI=1S/C19H18FN3O3/c1-25-16-7-6-12(8-17(16)26-2)9-19(24)21-18-11-15(22-23-18)13-4-3-5-14(20)10-13/h3-8,10-11H,9H2,1-2H3,(H2,21,22,23,24). The van der Waals surface area contributed by atoms with Gasteiger partial charge in [0.2, 0.25) is 5.91 Å². The molecule has 0 spiro atoms. The number of hydrogen-bond donors (Lipinski definition) is 2. The fraction of sp³-hybridized carbons (Fsp3) is 0.158. The van der Waals surface area contributed by atoms with Gasteiger partial charge in [-0.2, -0.15) is 5.10 Å². The van der Waals surface area contributed by atoms with Crippen LogP contribution in [0.15, 0.2) is 48.5 Å². The Morgan fingerprint density at radius 3 is 2.65 bits per heavy atom. The van der Waals surface area contributed by atoms with Crippen LogP contribution in [0.2, 0.25) is 0 Å². The van der Waals surface area contributed by atoms with E-state index in [0.717, 1.165) is 5.56 Å². The van der Waals surface area contributed by atoms with Gasteiger partial charge >= 0.3 is 0 Å². The molecule has 6 nitrogen and oxygen atoms in total. The van der Waals surface area contributed by atoms with Gasteiger partial charge in [-0.25, -0.2) is 4.39 Å². The van der Waals surface area contributed by atoms with Crippen LogP contribution in [0, 0.1) is 5.82 Å². The van der Waals surface area contributed by atoms with E-state index in [2.05, 4.69) is 15.5 Å². The third-order valence-corrected chi connectivity index (χ3v) is 3.79. The van der Waals surface area contributed by atoms with Crippen LogP contribution >= 0.6 is 0 Å². The van der Waals surface area contributed by atoms with Crippen molar-refractivity contribution < 1.29 is 18.7 Å². The molecule has 0 saturated carbocycles. The molecule has 0 saturated heterocycles. The molecule has 0 bridgehead atoms. The summed E-state index contributed by atoms with van der Waals surface area (Å²) in [6, 6.07) is 13.1. The first-order valence-corrected chi connectivity index (χ1v) is 7.91. The van der Waals surface area contributed by atoms with Crippen molar-refractivity contribution in [2.75, 3.05) is 19.5 Å². The van der Waals surface area contributed by atoms with Crippen molar-refractivity contribution in [1.82, 2.24) is 10.2 Å². The highest BCUT2D eigenvalue weighted by molar-refractivity contribution is 5.92. The lowest BCUT2D eigenvalue weighted by atomic mass is 10.1. The second kappa shape index (κ2) is 7.69. The summed E-state index contributed by atoms with van der Waals surface area (Å²) >= 11 is 0. The summed E-state index contributed by atoms with van der Waals surface area (Å²) in [5, 5.41) is 9.54. The van der Waals surface area contributed by atoms with E-state index in [9.17, 15) is 9.18 Å². The number of nitrogens with one attached hydrogen (secondary N) is 2. The number of aromatic amines is 1. The fourth-order valence-electron chi connectivity index (χ4n) is 2.55. The van der Waals surface area contributed by atoms with Crippen LogP contribution in [0.3, 0.4) is 0 Å². The molecule has 3 aromatic rings. The molecule has 134 valence electrons. The van der Waals surface area contributed by atoms with E-state index in [1.807, 2.05) is 0 Å². The predicted molar refractivity (Wildman–Crippen MR) is 95.9 cm³/mol. The number of H-pyrrole nitrogens is 1. The summed E-state index contributed by atoms with van der Waals surface area (Å²) in [6.45, 7) is 0. The van der Waals surface area contributed by atoms with Gasteiger partial charge in [0.1, 0.15) is 5.82 Å². The SMILES string of the molecule is COc1ccc(CC(=O)Nc2cc(-c3cccc(F)c3)[nH]n2)cc1OC.